The largest absolute Gasteiger partial charge is 0.496 e. The van der Waals surface area contributed by atoms with Crippen LogP contribution in [0.15, 0.2) is 18.2 Å². The van der Waals surface area contributed by atoms with Gasteiger partial charge in [-0.25, -0.2) is 0 Å². The van der Waals surface area contributed by atoms with E-state index in [1.807, 2.05) is 0 Å². The summed E-state index contributed by atoms with van der Waals surface area (Å²) in [4.78, 5) is 0. The SMILES string of the molecule is COc1cc(N)ccc1[C@@H](N)[C@@H](C)O. The van der Waals surface area contributed by atoms with Gasteiger partial charge in [-0.05, 0) is 13.0 Å². The summed E-state index contributed by atoms with van der Waals surface area (Å²) in [5.41, 5.74) is 12.8. The first kappa shape index (κ1) is 10.8. The van der Waals surface area contributed by atoms with Crippen LogP contribution in [0.4, 0.5) is 5.69 Å². The van der Waals surface area contributed by atoms with Crippen molar-refractivity contribution in [2.75, 3.05) is 12.8 Å². The molecule has 0 heterocycles. The van der Waals surface area contributed by atoms with E-state index >= 15 is 0 Å². The zero-order valence-electron chi connectivity index (χ0n) is 8.40. The maximum absolute atomic E-state index is 9.35. The number of hydrogen-bond acceptors (Lipinski definition) is 4. The van der Waals surface area contributed by atoms with Crippen molar-refractivity contribution >= 4 is 5.69 Å². The maximum atomic E-state index is 9.35. The number of benzene rings is 1. The van der Waals surface area contributed by atoms with Crippen LogP contribution in [0.1, 0.15) is 18.5 Å². The van der Waals surface area contributed by atoms with Crippen molar-refractivity contribution < 1.29 is 9.84 Å². The van der Waals surface area contributed by atoms with Crippen molar-refractivity contribution in [2.45, 2.75) is 19.1 Å². The summed E-state index contributed by atoms with van der Waals surface area (Å²) in [7, 11) is 1.55. The highest BCUT2D eigenvalue weighted by Crippen LogP contribution is 2.27. The molecule has 4 nitrogen and oxygen atoms in total. The molecule has 0 fully saturated rings. The Morgan fingerprint density at radius 2 is 2.07 bits per heavy atom. The van der Waals surface area contributed by atoms with E-state index in [0.29, 0.717) is 11.4 Å². The summed E-state index contributed by atoms with van der Waals surface area (Å²) >= 11 is 0. The van der Waals surface area contributed by atoms with Gasteiger partial charge in [0.05, 0.1) is 19.3 Å². The minimum Gasteiger partial charge on any atom is -0.496 e. The van der Waals surface area contributed by atoms with Gasteiger partial charge in [0.25, 0.3) is 0 Å². The van der Waals surface area contributed by atoms with Crippen LogP contribution in [-0.4, -0.2) is 18.3 Å². The molecule has 1 aromatic rings. The van der Waals surface area contributed by atoms with Crippen LogP contribution in [0.25, 0.3) is 0 Å². The molecule has 14 heavy (non-hydrogen) atoms. The molecule has 2 atom stereocenters. The Morgan fingerprint density at radius 1 is 1.43 bits per heavy atom. The second kappa shape index (κ2) is 4.30. The van der Waals surface area contributed by atoms with Crippen LogP contribution in [0.3, 0.4) is 0 Å². The Morgan fingerprint density at radius 3 is 2.57 bits per heavy atom. The summed E-state index contributed by atoms with van der Waals surface area (Å²) in [6.07, 6.45) is -0.618. The third-order valence-corrected chi connectivity index (χ3v) is 2.14. The van der Waals surface area contributed by atoms with Crippen LogP contribution >= 0.6 is 0 Å². The zero-order valence-corrected chi connectivity index (χ0v) is 8.40. The van der Waals surface area contributed by atoms with E-state index in [0.717, 1.165) is 5.56 Å². The number of nitrogen functional groups attached to an aromatic ring is 1. The Hall–Kier alpha value is -1.26. The fourth-order valence-corrected chi connectivity index (χ4v) is 1.26. The van der Waals surface area contributed by atoms with E-state index in [1.165, 1.54) is 0 Å². The maximum Gasteiger partial charge on any atom is 0.125 e. The summed E-state index contributed by atoms with van der Waals surface area (Å²) in [5.74, 6) is 0.610. The van der Waals surface area contributed by atoms with Crippen LogP contribution in [0.2, 0.25) is 0 Å². The highest BCUT2D eigenvalue weighted by molar-refractivity contribution is 5.49. The number of ether oxygens (including phenoxy) is 1. The molecule has 0 spiro atoms. The smallest absolute Gasteiger partial charge is 0.125 e. The van der Waals surface area contributed by atoms with E-state index in [2.05, 4.69) is 0 Å². The molecular formula is C10H16N2O2. The monoisotopic (exact) mass is 196 g/mol. The van der Waals surface area contributed by atoms with Gasteiger partial charge in [0.1, 0.15) is 5.75 Å². The molecule has 0 unspecified atom stereocenters. The van der Waals surface area contributed by atoms with Crippen molar-refractivity contribution in [3.05, 3.63) is 23.8 Å². The summed E-state index contributed by atoms with van der Waals surface area (Å²) in [6.45, 7) is 1.64. The summed E-state index contributed by atoms with van der Waals surface area (Å²) in [6, 6.07) is 4.74. The van der Waals surface area contributed by atoms with Crippen molar-refractivity contribution in [1.82, 2.24) is 0 Å². The number of methoxy groups -OCH3 is 1. The van der Waals surface area contributed by atoms with Gasteiger partial charge >= 0.3 is 0 Å². The lowest BCUT2D eigenvalue weighted by Gasteiger charge is -2.18. The number of hydrogen-bond donors (Lipinski definition) is 3. The van der Waals surface area contributed by atoms with Gasteiger partial charge in [0.15, 0.2) is 0 Å². The molecule has 0 aliphatic rings. The van der Waals surface area contributed by atoms with Crippen LogP contribution in [0, 0.1) is 0 Å². The molecule has 5 N–H and O–H groups in total. The molecule has 4 heteroatoms. The van der Waals surface area contributed by atoms with Crippen molar-refractivity contribution in [2.24, 2.45) is 5.73 Å². The average molecular weight is 196 g/mol. The van der Waals surface area contributed by atoms with E-state index in [9.17, 15) is 5.11 Å². The molecule has 0 aromatic heterocycles. The van der Waals surface area contributed by atoms with Crippen LogP contribution in [-0.2, 0) is 0 Å². The third kappa shape index (κ3) is 2.16. The fraction of sp³-hybridized carbons (Fsp3) is 0.400. The predicted octanol–water partition coefficient (Wildman–Crippen LogP) is 0.658. The molecule has 78 valence electrons. The van der Waals surface area contributed by atoms with E-state index in [-0.39, 0.29) is 0 Å². The number of aliphatic hydroxyl groups excluding tert-OH is 1. The minimum atomic E-state index is -0.618. The lowest BCUT2D eigenvalue weighted by molar-refractivity contribution is 0.162. The third-order valence-electron chi connectivity index (χ3n) is 2.14. The van der Waals surface area contributed by atoms with Gasteiger partial charge in [0, 0.05) is 17.3 Å². The molecule has 1 rings (SSSR count). The van der Waals surface area contributed by atoms with Gasteiger partial charge in [-0.1, -0.05) is 6.07 Å². The molecular weight excluding hydrogens is 180 g/mol. The topological polar surface area (TPSA) is 81.5 Å². The Labute approximate surface area is 83.5 Å². The van der Waals surface area contributed by atoms with Crippen LogP contribution in [0.5, 0.6) is 5.75 Å². The Bertz CT molecular complexity index is 313. The lowest BCUT2D eigenvalue weighted by atomic mass is 10.0. The normalized spacial score (nSPS) is 14.9. The van der Waals surface area contributed by atoms with Crippen LogP contribution < -0.4 is 16.2 Å². The number of rotatable bonds is 3. The summed E-state index contributed by atoms with van der Waals surface area (Å²) in [5, 5.41) is 9.35. The average Bonchev–Trinajstić information content (AvgIpc) is 2.16. The second-order valence-electron chi connectivity index (χ2n) is 3.27. The van der Waals surface area contributed by atoms with Gasteiger partial charge < -0.3 is 21.3 Å². The highest BCUT2D eigenvalue weighted by Gasteiger charge is 2.16. The van der Waals surface area contributed by atoms with E-state index in [4.69, 9.17) is 16.2 Å². The van der Waals surface area contributed by atoms with Gasteiger partial charge in [-0.2, -0.15) is 0 Å². The molecule has 0 aliphatic heterocycles. The fourth-order valence-electron chi connectivity index (χ4n) is 1.26. The molecule has 0 saturated heterocycles. The van der Waals surface area contributed by atoms with Crippen molar-refractivity contribution in [3.63, 3.8) is 0 Å². The molecule has 1 aromatic carbocycles. The first-order chi connectivity index (χ1) is 6.56. The standard InChI is InChI=1S/C10H16N2O2/c1-6(13)10(12)8-4-3-7(11)5-9(8)14-2/h3-6,10,13H,11-12H2,1-2H3/t6-,10+/m1/s1. The van der Waals surface area contributed by atoms with Gasteiger partial charge in [0.2, 0.25) is 0 Å². The van der Waals surface area contributed by atoms with E-state index < -0.39 is 12.1 Å². The minimum absolute atomic E-state index is 0.453. The van der Waals surface area contributed by atoms with E-state index in [1.54, 1.807) is 32.2 Å². The molecule has 0 saturated carbocycles. The molecule has 0 radical (unpaired) electrons. The van der Waals surface area contributed by atoms with Gasteiger partial charge in [-0.3, -0.25) is 0 Å². The Kier molecular flexibility index (Phi) is 3.33. The molecule has 0 amide bonds. The molecule has 0 aliphatic carbocycles. The van der Waals surface area contributed by atoms with Crippen molar-refractivity contribution in [1.29, 1.82) is 0 Å². The quantitative estimate of drug-likeness (QED) is 0.620. The van der Waals surface area contributed by atoms with Crippen molar-refractivity contribution in [3.8, 4) is 5.75 Å². The number of aliphatic hydroxyl groups is 1. The first-order valence-electron chi connectivity index (χ1n) is 4.43. The van der Waals surface area contributed by atoms with Gasteiger partial charge in [-0.15, -0.1) is 0 Å². The summed E-state index contributed by atoms with van der Waals surface area (Å²) < 4.78 is 5.13. The lowest BCUT2D eigenvalue weighted by Crippen LogP contribution is -2.23. The predicted molar refractivity (Wildman–Crippen MR) is 56.0 cm³/mol. The number of nitrogens with two attached hydrogens (primary N) is 2. The zero-order chi connectivity index (χ0) is 10.7. The Balaban J connectivity index is 3.07. The second-order valence-corrected chi connectivity index (χ2v) is 3.27. The highest BCUT2D eigenvalue weighted by atomic mass is 16.5. The molecule has 0 bridgehead atoms. The number of anilines is 1. The first-order valence-corrected chi connectivity index (χ1v) is 4.43.